The number of aromatic nitrogens is 1. The molecular formula is C12H13NO. The van der Waals surface area contributed by atoms with Gasteiger partial charge in [-0.3, -0.25) is 0 Å². The van der Waals surface area contributed by atoms with Gasteiger partial charge in [-0.1, -0.05) is 24.3 Å². The van der Waals surface area contributed by atoms with Gasteiger partial charge in [0.1, 0.15) is 0 Å². The molecule has 0 aliphatic carbocycles. The van der Waals surface area contributed by atoms with Gasteiger partial charge in [-0.25, -0.2) is 0 Å². The summed E-state index contributed by atoms with van der Waals surface area (Å²) in [6.45, 7) is 4.80. The van der Waals surface area contributed by atoms with Crippen LogP contribution in [0.15, 0.2) is 43.0 Å². The average molecular weight is 187 g/mol. The highest BCUT2D eigenvalue weighted by Crippen LogP contribution is 2.14. The Hall–Kier alpha value is -1.54. The lowest BCUT2D eigenvalue weighted by Crippen LogP contribution is -1.91. The molecule has 1 heterocycles. The average Bonchev–Trinajstić information content (AvgIpc) is 2.60. The van der Waals surface area contributed by atoms with Gasteiger partial charge in [0.05, 0.1) is 13.2 Å². The minimum Gasteiger partial charge on any atom is -0.371 e. The van der Waals surface area contributed by atoms with Crippen molar-refractivity contribution < 1.29 is 4.74 Å². The van der Waals surface area contributed by atoms with Gasteiger partial charge in [-0.15, -0.1) is 6.58 Å². The van der Waals surface area contributed by atoms with E-state index in [-0.39, 0.29) is 0 Å². The van der Waals surface area contributed by atoms with Gasteiger partial charge < -0.3 is 9.72 Å². The van der Waals surface area contributed by atoms with Crippen molar-refractivity contribution in [1.82, 2.24) is 4.98 Å². The smallest absolute Gasteiger partial charge is 0.0870 e. The SMILES string of the molecule is C=CCOCc1cc2ccccc2[nH]1. The highest BCUT2D eigenvalue weighted by atomic mass is 16.5. The van der Waals surface area contributed by atoms with E-state index in [2.05, 4.69) is 29.8 Å². The zero-order valence-electron chi connectivity index (χ0n) is 7.99. The van der Waals surface area contributed by atoms with Crippen molar-refractivity contribution in [1.29, 1.82) is 0 Å². The molecule has 2 heteroatoms. The number of nitrogens with one attached hydrogen (secondary N) is 1. The Kier molecular flexibility index (Phi) is 2.65. The van der Waals surface area contributed by atoms with Gasteiger partial charge in [-0.05, 0) is 17.5 Å². The number of aromatic amines is 1. The first-order chi connectivity index (χ1) is 6.90. The zero-order valence-corrected chi connectivity index (χ0v) is 7.99. The summed E-state index contributed by atoms with van der Waals surface area (Å²) in [5, 5.41) is 1.23. The van der Waals surface area contributed by atoms with E-state index in [1.54, 1.807) is 6.08 Å². The molecule has 0 radical (unpaired) electrons. The number of hydrogen-bond acceptors (Lipinski definition) is 1. The highest BCUT2D eigenvalue weighted by molar-refractivity contribution is 5.80. The molecule has 0 aliphatic rings. The molecule has 0 atom stereocenters. The van der Waals surface area contributed by atoms with E-state index in [0.29, 0.717) is 13.2 Å². The maximum absolute atomic E-state index is 5.35. The van der Waals surface area contributed by atoms with Crippen molar-refractivity contribution in [2.45, 2.75) is 6.61 Å². The number of rotatable bonds is 4. The van der Waals surface area contributed by atoms with Gasteiger partial charge >= 0.3 is 0 Å². The Bertz CT molecular complexity index is 398. The normalized spacial score (nSPS) is 10.6. The molecule has 1 aromatic heterocycles. The third kappa shape index (κ3) is 1.86. The predicted octanol–water partition coefficient (Wildman–Crippen LogP) is 2.87. The van der Waals surface area contributed by atoms with E-state index in [4.69, 9.17) is 4.74 Å². The molecule has 14 heavy (non-hydrogen) atoms. The van der Waals surface area contributed by atoms with Crippen molar-refractivity contribution >= 4 is 10.9 Å². The van der Waals surface area contributed by atoms with E-state index in [1.807, 2.05) is 12.1 Å². The third-order valence-corrected chi connectivity index (χ3v) is 2.08. The number of fused-ring (bicyclic) bond motifs is 1. The Morgan fingerprint density at radius 3 is 3.00 bits per heavy atom. The molecule has 0 saturated heterocycles. The quantitative estimate of drug-likeness (QED) is 0.577. The van der Waals surface area contributed by atoms with Crippen molar-refractivity contribution in [2.75, 3.05) is 6.61 Å². The topological polar surface area (TPSA) is 25.0 Å². The lowest BCUT2D eigenvalue weighted by Gasteiger charge is -1.96. The second-order valence-corrected chi connectivity index (χ2v) is 3.19. The van der Waals surface area contributed by atoms with Crippen LogP contribution in [-0.4, -0.2) is 11.6 Å². The fourth-order valence-electron chi connectivity index (χ4n) is 1.46. The van der Waals surface area contributed by atoms with Gasteiger partial charge in [0.2, 0.25) is 0 Å². The first-order valence-corrected chi connectivity index (χ1v) is 4.65. The minimum atomic E-state index is 0.593. The van der Waals surface area contributed by atoms with Crippen LogP contribution in [0.25, 0.3) is 10.9 Å². The molecular weight excluding hydrogens is 174 g/mol. The molecule has 0 unspecified atom stereocenters. The minimum absolute atomic E-state index is 0.593. The number of H-pyrrole nitrogens is 1. The standard InChI is InChI=1S/C12H13NO/c1-2-7-14-9-11-8-10-5-3-4-6-12(10)13-11/h2-6,8,13H,1,7,9H2. The van der Waals surface area contributed by atoms with Gasteiger partial charge in [0, 0.05) is 11.2 Å². The molecule has 72 valence electrons. The van der Waals surface area contributed by atoms with E-state index in [9.17, 15) is 0 Å². The van der Waals surface area contributed by atoms with Crippen LogP contribution >= 0.6 is 0 Å². The predicted molar refractivity (Wildman–Crippen MR) is 58.2 cm³/mol. The van der Waals surface area contributed by atoms with Crippen LogP contribution in [0.2, 0.25) is 0 Å². The summed E-state index contributed by atoms with van der Waals surface area (Å²) in [6, 6.07) is 10.3. The van der Waals surface area contributed by atoms with E-state index < -0.39 is 0 Å². The van der Waals surface area contributed by atoms with Crippen LogP contribution in [0.5, 0.6) is 0 Å². The Morgan fingerprint density at radius 2 is 2.21 bits per heavy atom. The summed E-state index contributed by atoms with van der Waals surface area (Å²) < 4.78 is 5.35. The van der Waals surface area contributed by atoms with Gasteiger partial charge in [0.15, 0.2) is 0 Å². The summed E-state index contributed by atoms with van der Waals surface area (Å²) in [7, 11) is 0. The van der Waals surface area contributed by atoms with Crippen LogP contribution < -0.4 is 0 Å². The van der Waals surface area contributed by atoms with Gasteiger partial charge in [0.25, 0.3) is 0 Å². The van der Waals surface area contributed by atoms with Crippen LogP contribution in [0.1, 0.15) is 5.69 Å². The zero-order chi connectivity index (χ0) is 9.80. The lowest BCUT2D eigenvalue weighted by molar-refractivity contribution is 0.146. The second-order valence-electron chi connectivity index (χ2n) is 3.19. The molecule has 2 nitrogen and oxygen atoms in total. The second kappa shape index (κ2) is 4.11. The maximum Gasteiger partial charge on any atom is 0.0870 e. The molecule has 0 saturated carbocycles. The number of hydrogen-bond donors (Lipinski definition) is 1. The summed E-state index contributed by atoms with van der Waals surface area (Å²) in [5.74, 6) is 0. The first-order valence-electron chi connectivity index (χ1n) is 4.65. The Labute approximate surface area is 83.2 Å². The van der Waals surface area contributed by atoms with E-state index >= 15 is 0 Å². The third-order valence-electron chi connectivity index (χ3n) is 2.08. The fraction of sp³-hybridized carbons (Fsp3) is 0.167. The Balaban J connectivity index is 2.14. The molecule has 1 N–H and O–H groups in total. The summed E-state index contributed by atoms with van der Waals surface area (Å²) in [6.07, 6.45) is 1.75. The van der Waals surface area contributed by atoms with Crippen LogP contribution in [0.3, 0.4) is 0 Å². The van der Waals surface area contributed by atoms with Crippen LogP contribution in [-0.2, 0) is 11.3 Å². The van der Waals surface area contributed by atoms with Crippen molar-refractivity contribution in [3.63, 3.8) is 0 Å². The molecule has 1 aromatic carbocycles. The molecule has 0 spiro atoms. The van der Waals surface area contributed by atoms with Gasteiger partial charge in [-0.2, -0.15) is 0 Å². The molecule has 0 bridgehead atoms. The molecule has 2 aromatic rings. The molecule has 2 rings (SSSR count). The summed E-state index contributed by atoms with van der Waals surface area (Å²) in [5.41, 5.74) is 2.26. The largest absolute Gasteiger partial charge is 0.371 e. The fourth-order valence-corrected chi connectivity index (χ4v) is 1.46. The van der Waals surface area contributed by atoms with E-state index in [1.165, 1.54) is 5.39 Å². The summed E-state index contributed by atoms with van der Waals surface area (Å²) >= 11 is 0. The maximum atomic E-state index is 5.35. The molecule has 0 fully saturated rings. The van der Waals surface area contributed by atoms with Crippen molar-refractivity contribution in [2.24, 2.45) is 0 Å². The summed E-state index contributed by atoms with van der Waals surface area (Å²) in [4.78, 5) is 3.30. The van der Waals surface area contributed by atoms with Crippen LogP contribution in [0.4, 0.5) is 0 Å². The van der Waals surface area contributed by atoms with E-state index in [0.717, 1.165) is 11.2 Å². The highest BCUT2D eigenvalue weighted by Gasteiger charge is 1.98. The number of ether oxygens (including phenoxy) is 1. The molecule has 0 aliphatic heterocycles. The molecule has 0 amide bonds. The van der Waals surface area contributed by atoms with Crippen molar-refractivity contribution in [3.05, 3.63) is 48.7 Å². The number of para-hydroxylation sites is 1. The lowest BCUT2D eigenvalue weighted by atomic mass is 10.2. The van der Waals surface area contributed by atoms with Crippen LogP contribution in [0, 0.1) is 0 Å². The van der Waals surface area contributed by atoms with Crippen molar-refractivity contribution in [3.8, 4) is 0 Å². The first kappa shape index (κ1) is 9.03. The Morgan fingerprint density at radius 1 is 1.36 bits per heavy atom. The monoisotopic (exact) mass is 187 g/mol. The number of benzene rings is 1.